The summed E-state index contributed by atoms with van der Waals surface area (Å²) in [4.78, 5) is 50.4. The van der Waals surface area contributed by atoms with Crippen molar-refractivity contribution < 1.29 is 33.5 Å². The van der Waals surface area contributed by atoms with Crippen LogP contribution in [-0.4, -0.2) is 29.9 Å². The number of hydrogen-bond donors (Lipinski definition) is 1. The van der Waals surface area contributed by atoms with Gasteiger partial charge in [-0.15, -0.1) is 0 Å². The molecule has 0 radical (unpaired) electrons. The monoisotopic (exact) mass is 739 g/mol. The first-order valence-electron chi connectivity index (χ1n) is 13.3. The molecule has 4 aromatic rings. The Hall–Kier alpha value is -4.95. The number of non-ortho nitro benzene ring substituents is 1. The third-order valence-corrected chi connectivity index (χ3v) is 7.79. The van der Waals surface area contributed by atoms with E-state index in [0.29, 0.717) is 37.0 Å². The van der Waals surface area contributed by atoms with Gasteiger partial charge in [-0.3, -0.25) is 25.0 Å². The zero-order valence-electron chi connectivity index (χ0n) is 23.5. The van der Waals surface area contributed by atoms with Gasteiger partial charge < -0.3 is 14.2 Å². The van der Waals surface area contributed by atoms with Crippen molar-refractivity contribution >= 4 is 69.5 Å². The average molecular weight is 740 g/mol. The third kappa shape index (κ3) is 7.24. The maximum absolute atomic E-state index is 13.4. The fourth-order valence-corrected chi connectivity index (χ4v) is 5.38. The van der Waals surface area contributed by atoms with E-state index in [-0.39, 0.29) is 30.2 Å². The Kier molecular flexibility index (Phi) is 9.64. The third-order valence-electron chi connectivity index (χ3n) is 6.62. The van der Waals surface area contributed by atoms with Crippen LogP contribution >= 0.6 is 34.2 Å². The predicted octanol–water partition coefficient (Wildman–Crippen LogP) is 6.69. The molecule has 1 fully saturated rings. The molecule has 0 atom stereocenters. The maximum Gasteiger partial charge on any atom is 0.335 e. The van der Waals surface area contributed by atoms with E-state index < -0.39 is 22.8 Å². The summed E-state index contributed by atoms with van der Waals surface area (Å²) in [6.07, 6.45) is 1.35. The number of methoxy groups -OCH3 is 1. The number of nitrogens with one attached hydrogen (secondary N) is 1. The highest BCUT2D eigenvalue weighted by atomic mass is 127. The summed E-state index contributed by atoms with van der Waals surface area (Å²) in [5.74, 6) is -0.484. The minimum Gasteiger partial charge on any atom is -0.493 e. The molecule has 1 aliphatic heterocycles. The van der Waals surface area contributed by atoms with Gasteiger partial charge in [0.1, 0.15) is 24.5 Å². The smallest absolute Gasteiger partial charge is 0.335 e. The van der Waals surface area contributed by atoms with Crippen LogP contribution in [0.5, 0.6) is 17.2 Å². The number of rotatable bonds is 10. The lowest BCUT2D eigenvalue weighted by Gasteiger charge is -2.26. The van der Waals surface area contributed by atoms with Crippen LogP contribution in [0.3, 0.4) is 0 Å². The summed E-state index contributed by atoms with van der Waals surface area (Å²) in [5, 5.41) is 13.9. The highest BCUT2D eigenvalue weighted by Crippen LogP contribution is 2.36. The van der Waals surface area contributed by atoms with Crippen molar-refractivity contribution in [1.82, 2.24) is 5.32 Å². The number of nitrogens with zero attached hydrogens (tertiary/aromatic N) is 2. The van der Waals surface area contributed by atoms with Gasteiger partial charge in [-0.25, -0.2) is 9.69 Å². The van der Waals surface area contributed by atoms with Gasteiger partial charge in [-0.2, -0.15) is 0 Å². The average Bonchev–Trinajstić information content (AvgIpc) is 3.02. The highest BCUT2D eigenvalue weighted by Gasteiger charge is 2.37. The molecule has 13 heteroatoms. The Morgan fingerprint density at radius 2 is 1.71 bits per heavy atom. The molecule has 1 N–H and O–H groups in total. The number of imide groups is 2. The number of carbonyl (C=O) groups excluding carboxylic acids is 3. The van der Waals surface area contributed by atoms with E-state index in [1.165, 1.54) is 37.5 Å². The molecule has 0 aromatic heterocycles. The molecule has 0 saturated carbocycles. The lowest BCUT2D eigenvalue weighted by molar-refractivity contribution is -0.384. The minimum absolute atomic E-state index is 0.0380. The molecule has 0 bridgehead atoms. The summed E-state index contributed by atoms with van der Waals surface area (Å²) in [6.45, 7) is 0.265. The van der Waals surface area contributed by atoms with Crippen LogP contribution in [0.25, 0.3) is 6.08 Å². The Balaban J connectivity index is 1.34. The van der Waals surface area contributed by atoms with Gasteiger partial charge in [0.25, 0.3) is 17.5 Å². The van der Waals surface area contributed by atoms with Crippen LogP contribution in [-0.2, 0) is 22.8 Å². The van der Waals surface area contributed by atoms with E-state index in [0.717, 1.165) is 10.5 Å². The molecule has 1 saturated heterocycles. The lowest BCUT2D eigenvalue weighted by Crippen LogP contribution is -2.54. The van der Waals surface area contributed by atoms with Crippen molar-refractivity contribution in [1.29, 1.82) is 0 Å². The van der Waals surface area contributed by atoms with Crippen molar-refractivity contribution in [2.75, 3.05) is 12.0 Å². The molecule has 0 spiro atoms. The highest BCUT2D eigenvalue weighted by molar-refractivity contribution is 14.1. The standard InChI is InChI=1S/C32H23ClIN3O8/c1-43-28-16-20(15-27(34)29(28)45-17-19-5-4-7-23(13-19)37(41)42)14-25-30(38)35-32(40)36(31(25)39)22-9-11-24(12-10-22)44-18-21-6-2-3-8-26(21)33/h2-16H,17-18H2,1H3,(H,35,38,40)/b25-14+. The number of urea groups is 1. The van der Waals surface area contributed by atoms with Gasteiger partial charge in [0, 0.05) is 22.7 Å². The van der Waals surface area contributed by atoms with Crippen molar-refractivity contribution in [2.45, 2.75) is 13.2 Å². The number of hydrogen-bond acceptors (Lipinski definition) is 8. The molecular formula is C32H23ClIN3O8. The van der Waals surface area contributed by atoms with E-state index in [4.69, 9.17) is 25.8 Å². The van der Waals surface area contributed by atoms with Gasteiger partial charge in [0.05, 0.1) is 21.3 Å². The first-order valence-corrected chi connectivity index (χ1v) is 14.7. The Bertz CT molecular complexity index is 1840. The first kappa shape index (κ1) is 31.5. The second-order valence-electron chi connectivity index (χ2n) is 9.58. The number of halogens is 2. The molecule has 45 heavy (non-hydrogen) atoms. The maximum atomic E-state index is 13.4. The topological polar surface area (TPSA) is 137 Å². The summed E-state index contributed by atoms with van der Waals surface area (Å²) < 4.78 is 17.8. The number of benzene rings is 4. The zero-order chi connectivity index (χ0) is 32.1. The van der Waals surface area contributed by atoms with Crippen LogP contribution in [0, 0.1) is 13.7 Å². The van der Waals surface area contributed by atoms with Gasteiger partial charge in [-0.05, 0) is 82.3 Å². The number of ether oxygens (including phenoxy) is 3. The van der Waals surface area contributed by atoms with Gasteiger partial charge >= 0.3 is 6.03 Å². The number of nitro groups is 1. The fraction of sp³-hybridized carbons (Fsp3) is 0.0938. The first-order chi connectivity index (χ1) is 21.6. The number of barbiturate groups is 1. The molecule has 4 amide bonds. The van der Waals surface area contributed by atoms with Crippen LogP contribution in [0.15, 0.2) is 90.5 Å². The summed E-state index contributed by atoms with van der Waals surface area (Å²) in [6, 6.07) is 22.0. The summed E-state index contributed by atoms with van der Waals surface area (Å²) >= 11 is 8.20. The Morgan fingerprint density at radius 3 is 2.42 bits per heavy atom. The van der Waals surface area contributed by atoms with E-state index in [1.54, 1.807) is 42.5 Å². The summed E-state index contributed by atoms with van der Waals surface area (Å²) in [7, 11) is 1.43. The molecular weight excluding hydrogens is 717 g/mol. The van der Waals surface area contributed by atoms with Crippen LogP contribution < -0.4 is 24.4 Å². The molecule has 5 rings (SSSR count). The predicted molar refractivity (Wildman–Crippen MR) is 174 cm³/mol. The zero-order valence-corrected chi connectivity index (χ0v) is 26.4. The van der Waals surface area contributed by atoms with E-state index in [1.807, 2.05) is 40.8 Å². The molecule has 11 nitrogen and oxygen atoms in total. The normalized spacial score (nSPS) is 13.9. The van der Waals surface area contributed by atoms with Crippen molar-refractivity contribution in [3.63, 3.8) is 0 Å². The Labute approximate surface area is 275 Å². The lowest BCUT2D eigenvalue weighted by atomic mass is 10.1. The molecule has 1 aliphatic rings. The van der Waals surface area contributed by atoms with Gasteiger partial charge in [0.2, 0.25) is 0 Å². The second-order valence-corrected chi connectivity index (χ2v) is 11.2. The summed E-state index contributed by atoms with van der Waals surface area (Å²) in [5.41, 5.74) is 1.74. The minimum atomic E-state index is -0.885. The quantitative estimate of drug-likeness (QED) is 0.0625. The SMILES string of the molecule is COc1cc(/C=C2\C(=O)NC(=O)N(c3ccc(OCc4ccccc4Cl)cc3)C2=O)cc(I)c1OCc1cccc([N+](=O)[O-])c1. The number of amides is 4. The molecule has 228 valence electrons. The van der Waals surface area contributed by atoms with Crippen molar-refractivity contribution in [3.05, 3.63) is 126 Å². The van der Waals surface area contributed by atoms with E-state index in [9.17, 15) is 24.5 Å². The molecule has 0 aliphatic carbocycles. The number of nitro benzene ring substituents is 1. The molecule has 0 unspecified atom stereocenters. The van der Waals surface area contributed by atoms with Gasteiger partial charge in [-0.1, -0.05) is 41.9 Å². The Morgan fingerprint density at radius 1 is 0.956 bits per heavy atom. The van der Waals surface area contributed by atoms with Crippen molar-refractivity contribution in [2.24, 2.45) is 0 Å². The molecule has 1 heterocycles. The number of anilines is 1. The van der Waals surface area contributed by atoms with E-state index >= 15 is 0 Å². The number of carbonyl (C=O) groups is 3. The van der Waals surface area contributed by atoms with Crippen LogP contribution in [0.1, 0.15) is 16.7 Å². The second kappa shape index (κ2) is 13.8. The van der Waals surface area contributed by atoms with E-state index in [2.05, 4.69) is 5.32 Å². The largest absolute Gasteiger partial charge is 0.493 e. The van der Waals surface area contributed by atoms with Crippen LogP contribution in [0.4, 0.5) is 16.2 Å². The molecule has 4 aromatic carbocycles. The van der Waals surface area contributed by atoms with Crippen molar-refractivity contribution in [3.8, 4) is 17.2 Å². The van der Waals surface area contributed by atoms with Crippen LogP contribution in [0.2, 0.25) is 5.02 Å². The fourth-order valence-electron chi connectivity index (χ4n) is 4.41. The van der Waals surface area contributed by atoms with Gasteiger partial charge in [0.15, 0.2) is 11.5 Å².